The van der Waals surface area contributed by atoms with E-state index < -0.39 is 17.9 Å². The van der Waals surface area contributed by atoms with Crippen molar-refractivity contribution in [2.75, 3.05) is 39.1 Å². The molecular weight excluding hydrogens is 582 g/mol. The average molecular weight is 616 g/mol. The zero-order valence-corrected chi connectivity index (χ0v) is 25.1. The molecule has 0 radical (unpaired) electrons. The smallest absolute Gasteiger partial charge is 0.249 e. The summed E-state index contributed by atoms with van der Waals surface area (Å²) < 4.78 is 29.7. The fourth-order valence-electron chi connectivity index (χ4n) is 5.71. The van der Waals surface area contributed by atoms with Gasteiger partial charge in [-0.3, -0.25) is 19.3 Å². The molecule has 45 heavy (non-hydrogen) atoms. The van der Waals surface area contributed by atoms with Crippen LogP contribution in [0.25, 0.3) is 11.0 Å². The van der Waals surface area contributed by atoms with E-state index in [9.17, 15) is 14.4 Å². The fraction of sp³-hybridized carbons (Fsp3) is 0.344. The molecule has 2 amide bonds. The molecule has 0 unspecified atom stereocenters. The van der Waals surface area contributed by atoms with Crippen LogP contribution < -0.4 is 29.2 Å². The zero-order chi connectivity index (χ0) is 31.5. The largest absolute Gasteiger partial charge is 0.493 e. The van der Waals surface area contributed by atoms with Crippen LogP contribution in [0.4, 0.5) is 5.69 Å². The van der Waals surface area contributed by atoms with Gasteiger partial charge in [-0.25, -0.2) is 4.68 Å². The average Bonchev–Trinajstić information content (AvgIpc) is 3.83. The first-order valence-corrected chi connectivity index (χ1v) is 14.5. The molecule has 13 nitrogen and oxygen atoms in total. The Bertz CT molecular complexity index is 1750. The molecule has 1 aromatic heterocycles. The lowest BCUT2D eigenvalue weighted by molar-refractivity contribution is -0.127. The Kier molecular flexibility index (Phi) is 8.52. The molecule has 2 aliphatic heterocycles. The predicted octanol–water partition coefficient (Wildman–Crippen LogP) is 3.45. The van der Waals surface area contributed by atoms with Crippen molar-refractivity contribution in [1.29, 1.82) is 0 Å². The number of benzene rings is 3. The number of anilines is 1. The Labute approximate surface area is 258 Å². The molecule has 1 saturated heterocycles. The maximum absolute atomic E-state index is 14.6. The van der Waals surface area contributed by atoms with Crippen molar-refractivity contribution in [3.63, 3.8) is 0 Å². The molecule has 0 saturated carbocycles. The van der Waals surface area contributed by atoms with Crippen LogP contribution in [0, 0.1) is 0 Å². The maximum Gasteiger partial charge on any atom is 0.249 e. The number of para-hydroxylation sites is 2. The van der Waals surface area contributed by atoms with Crippen LogP contribution in [0.1, 0.15) is 41.7 Å². The van der Waals surface area contributed by atoms with Crippen LogP contribution in [0.3, 0.4) is 0 Å². The number of fused-ring (bicyclic) bond motifs is 2. The first-order chi connectivity index (χ1) is 21.9. The van der Waals surface area contributed by atoms with Gasteiger partial charge in [-0.05, 0) is 44.0 Å². The van der Waals surface area contributed by atoms with E-state index >= 15 is 0 Å². The summed E-state index contributed by atoms with van der Waals surface area (Å²) in [6, 6.07) is 14.1. The number of carbonyl (C=O) groups is 3. The molecule has 13 heteroatoms. The summed E-state index contributed by atoms with van der Waals surface area (Å²) in [5, 5.41) is 11.4. The minimum absolute atomic E-state index is 0.0516. The topological polar surface area (TPSA) is 143 Å². The van der Waals surface area contributed by atoms with Gasteiger partial charge >= 0.3 is 0 Å². The molecule has 6 rings (SSSR count). The highest BCUT2D eigenvalue weighted by molar-refractivity contribution is 6.09. The summed E-state index contributed by atoms with van der Waals surface area (Å²) in [6.07, 6.45) is 1.53. The summed E-state index contributed by atoms with van der Waals surface area (Å²) in [4.78, 5) is 43.4. The van der Waals surface area contributed by atoms with Crippen molar-refractivity contribution in [2.24, 2.45) is 0 Å². The van der Waals surface area contributed by atoms with Crippen LogP contribution in [0.5, 0.6) is 23.0 Å². The number of nitrogens with zero attached hydrogens (tertiary/aromatic N) is 4. The van der Waals surface area contributed by atoms with Crippen molar-refractivity contribution in [2.45, 2.75) is 38.5 Å². The van der Waals surface area contributed by atoms with Crippen LogP contribution in [0.15, 0.2) is 54.6 Å². The monoisotopic (exact) mass is 615 g/mol. The fourth-order valence-corrected chi connectivity index (χ4v) is 5.71. The van der Waals surface area contributed by atoms with Gasteiger partial charge in [0.1, 0.15) is 18.1 Å². The Balaban J connectivity index is 1.53. The highest BCUT2D eigenvalue weighted by Gasteiger charge is 2.39. The number of ketones is 1. The van der Waals surface area contributed by atoms with Gasteiger partial charge in [-0.15, -0.1) is 5.10 Å². The standard InChI is InChI=1S/C32H33N5O8/c1-19(38)22-14-27-28(45-18-44-27)15-25(22)37(29(39)17-36-24-11-5-4-10-23(24)34-35-36)30(32(40)33-16-20-8-7-13-43-20)21-9-6-12-26(41-2)31(21)42-3/h4-6,9-12,14-15,20,30H,7-8,13,16-18H2,1-3H3,(H,33,40)/t20-,30+/m0/s1. The molecule has 0 bridgehead atoms. The van der Waals surface area contributed by atoms with E-state index in [1.807, 2.05) is 12.1 Å². The number of nitrogens with one attached hydrogen (secondary N) is 1. The number of hydrogen-bond donors (Lipinski definition) is 1. The molecule has 234 valence electrons. The summed E-state index contributed by atoms with van der Waals surface area (Å²) in [5.41, 5.74) is 1.88. The quantitative estimate of drug-likeness (QED) is 0.249. The lowest BCUT2D eigenvalue weighted by Gasteiger charge is -2.33. The van der Waals surface area contributed by atoms with Crippen LogP contribution in [-0.2, 0) is 20.9 Å². The van der Waals surface area contributed by atoms with E-state index in [1.165, 1.54) is 36.8 Å². The van der Waals surface area contributed by atoms with E-state index in [-0.39, 0.29) is 48.8 Å². The van der Waals surface area contributed by atoms with Crippen molar-refractivity contribution >= 4 is 34.3 Å². The van der Waals surface area contributed by atoms with Gasteiger partial charge in [0.05, 0.1) is 31.5 Å². The second kappa shape index (κ2) is 12.8. The van der Waals surface area contributed by atoms with E-state index in [1.54, 1.807) is 36.4 Å². The molecule has 2 aliphatic rings. The second-order valence-electron chi connectivity index (χ2n) is 10.6. The lowest BCUT2D eigenvalue weighted by Crippen LogP contribution is -2.47. The molecule has 4 aromatic rings. The third kappa shape index (κ3) is 5.86. The number of methoxy groups -OCH3 is 2. The van der Waals surface area contributed by atoms with Gasteiger partial charge in [0.25, 0.3) is 0 Å². The second-order valence-corrected chi connectivity index (χ2v) is 10.6. The Morgan fingerprint density at radius 3 is 2.60 bits per heavy atom. The van der Waals surface area contributed by atoms with Crippen LogP contribution in [0.2, 0.25) is 0 Å². The summed E-state index contributed by atoms with van der Waals surface area (Å²) in [5.74, 6) is -0.101. The van der Waals surface area contributed by atoms with Crippen LogP contribution >= 0.6 is 0 Å². The zero-order valence-electron chi connectivity index (χ0n) is 25.1. The minimum Gasteiger partial charge on any atom is -0.493 e. The number of aromatic nitrogens is 3. The summed E-state index contributed by atoms with van der Waals surface area (Å²) in [7, 11) is 2.94. The Morgan fingerprint density at radius 2 is 1.87 bits per heavy atom. The summed E-state index contributed by atoms with van der Waals surface area (Å²) in [6.45, 7) is 1.88. The van der Waals surface area contributed by atoms with E-state index in [0.717, 1.165) is 12.8 Å². The molecule has 3 heterocycles. The van der Waals surface area contributed by atoms with Crippen molar-refractivity contribution in [1.82, 2.24) is 20.3 Å². The molecule has 0 spiro atoms. The summed E-state index contributed by atoms with van der Waals surface area (Å²) >= 11 is 0. The van der Waals surface area contributed by atoms with Gasteiger partial charge in [0.15, 0.2) is 28.8 Å². The number of ether oxygens (including phenoxy) is 5. The third-order valence-electron chi connectivity index (χ3n) is 7.87. The van der Waals surface area contributed by atoms with E-state index in [4.69, 9.17) is 23.7 Å². The maximum atomic E-state index is 14.6. The Hall–Kier alpha value is -5.17. The van der Waals surface area contributed by atoms with Gasteiger partial charge in [0.2, 0.25) is 18.6 Å². The highest BCUT2D eigenvalue weighted by atomic mass is 16.7. The number of amides is 2. The van der Waals surface area contributed by atoms with E-state index in [2.05, 4.69) is 15.6 Å². The molecular formula is C32H33N5O8. The number of Topliss-reactive ketones (excluding diaryl/α,β-unsaturated/α-hetero) is 1. The van der Waals surface area contributed by atoms with Gasteiger partial charge in [0, 0.05) is 30.3 Å². The van der Waals surface area contributed by atoms with Gasteiger partial charge in [-0.2, -0.15) is 0 Å². The van der Waals surface area contributed by atoms with Gasteiger partial charge < -0.3 is 29.0 Å². The molecule has 3 aromatic carbocycles. The van der Waals surface area contributed by atoms with Crippen molar-refractivity contribution in [3.8, 4) is 23.0 Å². The SMILES string of the molecule is COc1cccc([C@H](C(=O)NC[C@@H]2CCCO2)N(C(=O)Cn2nnc3ccccc32)c2cc3c(cc2C(C)=O)OCO3)c1OC. The van der Waals surface area contributed by atoms with E-state index in [0.29, 0.717) is 40.5 Å². The molecule has 2 atom stereocenters. The van der Waals surface area contributed by atoms with Gasteiger partial charge in [-0.1, -0.05) is 29.5 Å². The molecule has 1 fully saturated rings. The van der Waals surface area contributed by atoms with Crippen molar-refractivity contribution < 1.29 is 38.1 Å². The van der Waals surface area contributed by atoms with Crippen molar-refractivity contribution in [3.05, 3.63) is 65.7 Å². The number of carbonyl (C=O) groups excluding carboxylic acids is 3. The molecule has 0 aliphatic carbocycles. The first kappa shape index (κ1) is 29.9. The normalized spacial score (nSPS) is 15.9. The number of rotatable bonds is 11. The number of hydrogen-bond acceptors (Lipinski definition) is 10. The molecule has 1 N–H and O–H groups in total. The Morgan fingerprint density at radius 1 is 1.07 bits per heavy atom. The third-order valence-corrected chi connectivity index (χ3v) is 7.87. The van der Waals surface area contributed by atoms with Crippen LogP contribution in [-0.4, -0.2) is 72.9 Å². The lowest BCUT2D eigenvalue weighted by atomic mass is 9.98. The highest BCUT2D eigenvalue weighted by Crippen LogP contribution is 2.44. The minimum atomic E-state index is -1.32. The first-order valence-electron chi connectivity index (χ1n) is 14.5. The predicted molar refractivity (Wildman–Crippen MR) is 162 cm³/mol.